The Hall–Kier alpha value is -2.34. The summed E-state index contributed by atoms with van der Waals surface area (Å²) in [7, 11) is 0. The normalized spacial score (nSPS) is 19.6. The molecule has 0 unspecified atom stereocenters. The zero-order valence-electron chi connectivity index (χ0n) is 11.9. The van der Waals surface area contributed by atoms with Crippen LogP contribution in [0.2, 0.25) is 0 Å². The van der Waals surface area contributed by atoms with Crippen LogP contribution in [-0.4, -0.2) is 17.7 Å². The Morgan fingerprint density at radius 2 is 1.90 bits per heavy atom. The topological polar surface area (TPSA) is 76.7 Å². The summed E-state index contributed by atoms with van der Waals surface area (Å²) < 4.78 is 10.1. The molecular formula is C15H16N2O4. The number of fused-ring (bicyclic) bond motifs is 1. The highest BCUT2D eigenvalue weighted by Gasteiger charge is 2.38. The third-order valence-electron chi connectivity index (χ3n) is 3.38. The van der Waals surface area contributed by atoms with Gasteiger partial charge in [0.25, 0.3) is 5.79 Å². The summed E-state index contributed by atoms with van der Waals surface area (Å²) in [6.07, 6.45) is 1.34. The van der Waals surface area contributed by atoms with Crippen molar-refractivity contribution in [1.82, 2.24) is 5.32 Å². The van der Waals surface area contributed by atoms with Crippen molar-refractivity contribution in [3.63, 3.8) is 0 Å². The van der Waals surface area contributed by atoms with E-state index in [0.717, 1.165) is 24.3 Å². The highest BCUT2D eigenvalue weighted by molar-refractivity contribution is 6.15. The molecule has 0 bridgehead atoms. The molecule has 1 aromatic carbocycles. The maximum atomic E-state index is 11.8. The molecule has 0 atom stereocenters. The van der Waals surface area contributed by atoms with Crippen LogP contribution in [0.4, 0.5) is 5.69 Å². The highest BCUT2D eigenvalue weighted by atomic mass is 16.7. The monoisotopic (exact) mass is 288 g/mol. The quantitative estimate of drug-likeness (QED) is 0.487. The molecule has 0 aromatic heterocycles. The van der Waals surface area contributed by atoms with E-state index in [4.69, 9.17) is 9.47 Å². The molecule has 6 heteroatoms. The van der Waals surface area contributed by atoms with E-state index in [1.165, 1.54) is 25.6 Å². The van der Waals surface area contributed by atoms with E-state index in [1.807, 2.05) is 18.2 Å². The van der Waals surface area contributed by atoms with E-state index in [-0.39, 0.29) is 5.57 Å². The third-order valence-corrected chi connectivity index (χ3v) is 3.38. The van der Waals surface area contributed by atoms with Crippen LogP contribution in [0.1, 0.15) is 25.0 Å². The zero-order chi connectivity index (χ0) is 15.0. The first-order chi connectivity index (χ1) is 9.96. The lowest BCUT2D eigenvalue weighted by Crippen LogP contribution is -2.42. The second kappa shape index (κ2) is 4.89. The van der Waals surface area contributed by atoms with E-state index in [2.05, 4.69) is 10.6 Å². The molecule has 0 radical (unpaired) electrons. The maximum Gasteiger partial charge on any atom is 0.350 e. The Morgan fingerprint density at radius 1 is 1.19 bits per heavy atom. The predicted octanol–water partition coefficient (Wildman–Crippen LogP) is 1.42. The summed E-state index contributed by atoms with van der Waals surface area (Å²) >= 11 is 0. The summed E-state index contributed by atoms with van der Waals surface area (Å²) in [5, 5.41) is 6.25. The molecule has 21 heavy (non-hydrogen) atoms. The molecule has 1 aromatic rings. The summed E-state index contributed by atoms with van der Waals surface area (Å²) in [6, 6.07) is 5.86. The number of anilines is 1. The van der Waals surface area contributed by atoms with Gasteiger partial charge in [0.2, 0.25) is 0 Å². The Morgan fingerprint density at radius 3 is 2.62 bits per heavy atom. The molecule has 0 amide bonds. The van der Waals surface area contributed by atoms with Crippen LogP contribution in [0.15, 0.2) is 30.0 Å². The molecule has 1 fully saturated rings. The SMILES string of the molecule is CC1(C)OC(=O)C(=CNc2cccc3c2CNC3)C(=O)O1. The number of carbonyl (C=O) groups is 2. The Kier molecular flexibility index (Phi) is 3.17. The van der Waals surface area contributed by atoms with Gasteiger partial charge >= 0.3 is 11.9 Å². The number of hydrogen-bond donors (Lipinski definition) is 2. The van der Waals surface area contributed by atoms with Crippen LogP contribution in [0.5, 0.6) is 0 Å². The van der Waals surface area contributed by atoms with Crippen LogP contribution in [0, 0.1) is 0 Å². The number of nitrogens with one attached hydrogen (secondary N) is 2. The Bertz CT molecular complexity index is 627. The van der Waals surface area contributed by atoms with Crippen LogP contribution >= 0.6 is 0 Å². The van der Waals surface area contributed by atoms with Gasteiger partial charge in [-0.25, -0.2) is 9.59 Å². The zero-order valence-corrected chi connectivity index (χ0v) is 11.9. The van der Waals surface area contributed by atoms with Crippen LogP contribution in [-0.2, 0) is 32.2 Å². The molecule has 6 nitrogen and oxygen atoms in total. The summed E-state index contributed by atoms with van der Waals surface area (Å²) in [4.78, 5) is 23.7. The van der Waals surface area contributed by atoms with Gasteiger partial charge in [-0.2, -0.15) is 0 Å². The fraction of sp³-hybridized carbons (Fsp3) is 0.333. The third kappa shape index (κ3) is 2.62. The lowest BCUT2D eigenvalue weighted by molar-refractivity contribution is -0.222. The van der Waals surface area contributed by atoms with Gasteiger partial charge in [-0.15, -0.1) is 0 Å². The van der Waals surface area contributed by atoms with Gasteiger partial charge in [-0.1, -0.05) is 12.1 Å². The van der Waals surface area contributed by atoms with Crippen molar-refractivity contribution >= 4 is 17.6 Å². The maximum absolute atomic E-state index is 11.8. The van der Waals surface area contributed by atoms with Gasteiger partial charge in [0.15, 0.2) is 5.57 Å². The van der Waals surface area contributed by atoms with Crippen LogP contribution in [0.25, 0.3) is 0 Å². The molecule has 2 aliphatic heterocycles. The molecule has 2 heterocycles. The van der Waals surface area contributed by atoms with Gasteiger partial charge in [0.1, 0.15) is 0 Å². The predicted molar refractivity (Wildman–Crippen MR) is 75.0 cm³/mol. The highest BCUT2D eigenvalue weighted by Crippen LogP contribution is 2.26. The van der Waals surface area contributed by atoms with Gasteiger partial charge in [-0.3, -0.25) is 0 Å². The molecular weight excluding hydrogens is 272 g/mol. The average Bonchev–Trinajstić information content (AvgIpc) is 2.85. The molecule has 0 saturated carbocycles. The summed E-state index contributed by atoms with van der Waals surface area (Å²) in [5.41, 5.74) is 3.05. The standard InChI is InChI=1S/C15H16N2O4/c1-15(2)20-13(18)11(14(19)21-15)8-17-12-5-3-4-9-6-16-7-10(9)12/h3-5,8,16-17H,6-7H2,1-2H3. The lowest BCUT2D eigenvalue weighted by atomic mass is 10.1. The van der Waals surface area contributed by atoms with Crippen molar-refractivity contribution in [2.24, 2.45) is 0 Å². The van der Waals surface area contributed by atoms with Crippen LogP contribution in [0.3, 0.4) is 0 Å². The van der Waals surface area contributed by atoms with Gasteiger partial charge < -0.3 is 20.1 Å². The molecule has 1 saturated heterocycles. The average molecular weight is 288 g/mol. The Balaban J connectivity index is 1.82. The van der Waals surface area contributed by atoms with Gasteiger partial charge in [0, 0.05) is 38.8 Å². The minimum Gasteiger partial charge on any atom is -0.419 e. The minimum absolute atomic E-state index is 0.141. The van der Waals surface area contributed by atoms with Crippen molar-refractivity contribution in [1.29, 1.82) is 0 Å². The van der Waals surface area contributed by atoms with Crippen LogP contribution < -0.4 is 10.6 Å². The molecule has 0 aliphatic carbocycles. The van der Waals surface area contributed by atoms with Crippen molar-refractivity contribution in [3.8, 4) is 0 Å². The largest absolute Gasteiger partial charge is 0.419 e. The van der Waals surface area contributed by atoms with E-state index < -0.39 is 17.7 Å². The number of rotatable bonds is 2. The number of hydrogen-bond acceptors (Lipinski definition) is 6. The number of ether oxygens (including phenoxy) is 2. The van der Waals surface area contributed by atoms with E-state index in [1.54, 1.807) is 0 Å². The van der Waals surface area contributed by atoms with Gasteiger partial charge in [0.05, 0.1) is 0 Å². The van der Waals surface area contributed by atoms with E-state index >= 15 is 0 Å². The molecule has 2 N–H and O–H groups in total. The second-order valence-corrected chi connectivity index (χ2v) is 5.43. The number of carbonyl (C=O) groups excluding carboxylic acids is 2. The van der Waals surface area contributed by atoms with Crippen molar-refractivity contribution in [2.45, 2.75) is 32.7 Å². The molecule has 2 aliphatic rings. The molecule has 0 spiro atoms. The number of benzene rings is 1. The minimum atomic E-state index is -1.22. The first-order valence-electron chi connectivity index (χ1n) is 6.71. The summed E-state index contributed by atoms with van der Waals surface area (Å²) in [5.74, 6) is -2.59. The molecule has 110 valence electrons. The van der Waals surface area contributed by atoms with E-state index in [0.29, 0.717) is 0 Å². The second-order valence-electron chi connectivity index (χ2n) is 5.43. The van der Waals surface area contributed by atoms with Crippen molar-refractivity contribution in [2.75, 3.05) is 5.32 Å². The molecule has 3 rings (SSSR count). The first-order valence-corrected chi connectivity index (χ1v) is 6.71. The first kappa shape index (κ1) is 13.6. The fourth-order valence-electron chi connectivity index (χ4n) is 2.39. The smallest absolute Gasteiger partial charge is 0.350 e. The number of cyclic esters (lactones) is 2. The van der Waals surface area contributed by atoms with Crippen molar-refractivity contribution < 1.29 is 19.1 Å². The fourth-order valence-corrected chi connectivity index (χ4v) is 2.39. The van der Waals surface area contributed by atoms with Gasteiger partial charge in [-0.05, 0) is 17.2 Å². The van der Waals surface area contributed by atoms with E-state index in [9.17, 15) is 9.59 Å². The number of esters is 2. The van der Waals surface area contributed by atoms with Crippen molar-refractivity contribution in [3.05, 3.63) is 41.1 Å². The Labute approximate surface area is 122 Å². The summed E-state index contributed by atoms with van der Waals surface area (Å²) in [6.45, 7) is 4.61. The lowest BCUT2D eigenvalue weighted by Gasteiger charge is -2.29.